The fourth-order valence-corrected chi connectivity index (χ4v) is 2.11. The van der Waals surface area contributed by atoms with E-state index in [1.54, 1.807) is 7.11 Å². The molecule has 1 aromatic carbocycles. The normalized spacial score (nSPS) is 10.5. The minimum atomic E-state index is 0.398. The minimum Gasteiger partial charge on any atom is -0.493 e. The first-order valence-corrected chi connectivity index (χ1v) is 6.96. The van der Waals surface area contributed by atoms with Crippen LogP contribution in [-0.2, 0) is 11.3 Å². The van der Waals surface area contributed by atoms with E-state index in [1.165, 1.54) is 0 Å². The molecular weight excluding hydrogens is 272 g/mol. The summed E-state index contributed by atoms with van der Waals surface area (Å²) in [5, 5.41) is 0. The number of aromatic amines is 1. The van der Waals surface area contributed by atoms with Crippen LogP contribution in [0, 0.1) is 4.64 Å². The second kappa shape index (κ2) is 7.17. The molecule has 0 atom stereocenters. The van der Waals surface area contributed by atoms with Gasteiger partial charge in [0.1, 0.15) is 22.8 Å². The molecule has 106 valence electrons. The van der Waals surface area contributed by atoms with Crippen LogP contribution in [0.5, 0.6) is 5.75 Å². The third kappa shape index (κ3) is 3.65. The van der Waals surface area contributed by atoms with E-state index in [4.69, 9.17) is 21.7 Å². The van der Waals surface area contributed by atoms with Crippen molar-refractivity contribution in [2.24, 2.45) is 0 Å². The van der Waals surface area contributed by atoms with Crippen molar-refractivity contribution < 1.29 is 9.47 Å². The Bertz CT molecular complexity index is 625. The average Bonchev–Trinajstić information content (AvgIpc) is 2.45. The van der Waals surface area contributed by atoms with Gasteiger partial charge in [-0.1, -0.05) is 31.3 Å². The van der Waals surface area contributed by atoms with Crippen LogP contribution in [0.1, 0.15) is 19.2 Å². The van der Waals surface area contributed by atoms with Crippen molar-refractivity contribution >= 4 is 12.2 Å². The molecule has 1 N–H and O–H groups in total. The second-order valence-corrected chi connectivity index (χ2v) is 4.78. The zero-order valence-electron chi connectivity index (χ0n) is 11.7. The predicted molar refractivity (Wildman–Crippen MR) is 81.4 cm³/mol. The molecule has 0 saturated carbocycles. The molecule has 4 nitrogen and oxygen atoms in total. The zero-order chi connectivity index (χ0) is 14.4. The lowest BCUT2D eigenvalue weighted by Gasteiger charge is -2.11. The molecule has 0 saturated heterocycles. The highest BCUT2D eigenvalue weighted by atomic mass is 32.1. The van der Waals surface area contributed by atoms with Crippen molar-refractivity contribution in [3.63, 3.8) is 0 Å². The molecule has 20 heavy (non-hydrogen) atoms. The minimum absolute atomic E-state index is 0.398. The number of H-pyrrole nitrogens is 1. The standard InChI is InChI=1S/C15H18N2O2S/c1-3-8-19-13-7-5-4-6-11(13)12-9-15(20)17-14(16-12)10-18-2/h4-7,9H,3,8,10H2,1-2H3,(H,16,17,20). The molecule has 0 aliphatic carbocycles. The smallest absolute Gasteiger partial charge is 0.134 e. The van der Waals surface area contributed by atoms with Gasteiger partial charge >= 0.3 is 0 Å². The van der Waals surface area contributed by atoms with Crippen LogP contribution >= 0.6 is 12.2 Å². The topological polar surface area (TPSA) is 47.1 Å². The second-order valence-electron chi connectivity index (χ2n) is 4.36. The lowest BCUT2D eigenvalue weighted by Crippen LogP contribution is -2.01. The van der Waals surface area contributed by atoms with Crippen LogP contribution in [0.25, 0.3) is 11.3 Å². The van der Waals surface area contributed by atoms with Crippen LogP contribution in [-0.4, -0.2) is 23.7 Å². The van der Waals surface area contributed by atoms with Crippen LogP contribution < -0.4 is 4.74 Å². The molecule has 0 unspecified atom stereocenters. The first-order chi connectivity index (χ1) is 9.74. The van der Waals surface area contributed by atoms with Crippen LogP contribution in [0.15, 0.2) is 30.3 Å². The molecule has 1 aromatic heterocycles. The summed E-state index contributed by atoms with van der Waals surface area (Å²) in [4.78, 5) is 7.47. The molecule has 0 aliphatic rings. The van der Waals surface area contributed by atoms with Gasteiger partial charge in [0.15, 0.2) is 0 Å². The molecule has 0 radical (unpaired) electrons. The Kier molecular flexibility index (Phi) is 5.26. The Balaban J connectivity index is 2.42. The van der Waals surface area contributed by atoms with Crippen molar-refractivity contribution in [1.82, 2.24) is 9.97 Å². The maximum absolute atomic E-state index is 5.77. The molecule has 0 fully saturated rings. The number of methoxy groups -OCH3 is 1. The number of nitrogens with one attached hydrogen (secondary N) is 1. The summed E-state index contributed by atoms with van der Waals surface area (Å²) in [6, 6.07) is 9.73. The number of nitrogens with zero attached hydrogens (tertiary/aromatic N) is 1. The van der Waals surface area contributed by atoms with Gasteiger partial charge in [-0.05, 0) is 24.6 Å². The SMILES string of the molecule is CCCOc1ccccc1-c1cc(=S)nc(COC)[nH]1. The van der Waals surface area contributed by atoms with Gasteiger partial charge in [0.25, 0.3) is 0 Å². The molecule has 2 aromatic rings. The van der Waals surface area contributed by atoms with E-state index in [0.717, 1.165) is 23.4 Å². The van der Waals surface area contributed by atoms with E-state index < -0.39 is 0 Å². The first kappa shape index (κ1) is 14.7. The summed E-state index contributed by atoms with van der Waals surface area (Å²) in [5.41, 5.74) is 1.87. The number of ether oxygens (including phenoxy) is 2. The highest BCUT2D eigenvalue weighted by Gasteiger charge is 2.08. The van der Waals surface area contributed by atoms with E-state index in [-0.39, 0.29) is 0 Å². The molecule has 0 amide bonds. The Labute approximate surface area is 123 Å². The third-order valence-electron chi connectivity index (χ3n) is 2.71. The van der Waals surface area contributed by atoms with Crippen molar-refractivity contribution in [1.29, 1.82) is 0 Å². The molecule has 1 heterocycles. The van der Waals surface area contributed by atoms with Gasteiger partial charge in [0.2, 0.25) is 0 Å². The summed E-state index contributed by atoms with van der Waals surface area (Å²) >= 11 is 5.20. The predicted octanol–water partition coefficient (Wildman–Crippen LogP) is 3.74. The Morgan fingerprint density at radius 2 is 2.10 bits per heavy atom. The van der Waals surface area contributed by atoms with Crippen molar-refractivity contribution in [2.45, 2.75) is 20.0 Å². The van der Waals surface area contributed by atoms with E-state index in [2.05, 4.69) is 16.9 Å². The van der Waals surface area contributed by atoms with Crippen LogP contribution in [0.3, 0.4) is 0 Å². The zero-order valence-corrected chi connectivity index (χ0v) is 12.5. The summed E-state index contributed by atoms with van der Waals surface area (Å²) in [7, 11) is 1.63. The van der Waals surface area contributed by atoms with E-state index >= 15 is 0 Å². The Hall–Kier alpha value is -1.72. The highest BCUT2D eigenvalue weighted by Crippen LogP contribution is 2.28. The van der Waals surface area contributed by atoms with Gasteiger partial charge in [-0.25, -0.2) is 4.98 Å². The molecule has 0 aliphatic heterocycles. The van der Waals surface area contributed by atoms with Gasteiger partial charge < -0.3 is 14.5 Å². The average molecular weight is 290 g/mol. The van der Waals surface area contributed by atoms with Gasteiger partial charge in [0.05, 0.1) is 12.3 Å². The number of para-hydroxylation sites is 1. The molecule has 0 spiro atoms. The highest BCUT2D eigenvalue weighted by molar-refractivity contribution is 7.71. The first-order valence-electron chi connectivity index (χ1n) is 6.56. The van der Waals surface area contributed by atoms with Gasteiger partial charge in [-0.2, -0.15) is 0 Å². The molecule has 0 bridgehead atoms. The van der Waals surface area contributed by atoms with Crippen LogP contribution in [0.2, 0.25) is 0 Å². The quantitative estimate of drug-likeness (QED) is 0.823. The maximum Gasteiger partial charge on any atom is 0.134 e. The third-order valence-corrected chi connectivity index (χ3v) is 2.92. The largest absolute Gasteiger partial charge is 0.493 e. The van der Waals surface area contributed by atoms with Crippen molar-refractivity contribution in [3.05, 3.63) is 40.8 Å². The van der Waals surface area contributed by atoms with E-state index in [0.29, 0.717) is 23.7 Å². The maximum atomic E-state index is 5.77. The molecular formula is C15H18N2O2S. The summed E-state index contributed by atoms with van der Waals surface area (Å²) in [6.07, 6.45) is 0.968. The van der Waals surface area contributed by atoms with E-state index in [9.17, 15) is 0 Å². The fourth-order valence-electron chi connectivity index (χ4n) is 1.89. The molecule has 5 heteroatoms. The van der Waals surface area contributed by atoms with Gasteiger partial charge in [0, 0.05) is 12.7 Å². The van der Waals surface area contributed by atoms with Crippen molar-refractivity contribution in [2.75, 3.05) is 13.7 Å². The summed E-state index contributed by atoms with van der Waals surface area (Å²) in [6.45, 7) is 3.17. The lowest BCUT2D eigenvalue weighted by atomic mass is 10.1. The molecule has 2 rings (SSSR count). The number of hydrogen-bond donors (Lipinski definition) is 1. The number of benzene rings is 1. The number of hydrogen-bond acceptors (Lipinski definition) is 4. The van der Waals surface area contributed by atoms with Crippen LogP contribution in [0.4, 0.5) is 0 Å². The summed E-state index contributed by atoms with van der Waals surface area (Å²) < 4.78 is 11.4. The number of aromatic nitrogens is 2. The van der Waals surface area contributed by atoms with Gasteiger partial charge in [-0.3, -0.25) is 0 Å². The van der Waals surface area contributed by atoms with Gasteiger partial charge in [-0.15, -0.1) is 0 Å². The van der Waals surface area contributed by atoms with E-state index in [1.807, 2.05) is 30.3 Å². The Morgan fingerprint density at radius 3 is 2.85 bits per heavy atom. The van der Waals surface area contributed by atoms with Crippen molar-refractivity contribution in [3.8, 4) is 17.0 Å². The lowest BCUT2D eigenvalue weighted by molar-refractivity contribution is 0.177. The Morgan fingerprint density at radius 1 is 1.30 bits per heavy atom. The fraction of sp³-hybridized carbons (Fsp3) is 0.333. The number of rotatable bonds is 6. The summed E-state index contributed by atoms with van der Waals surface area (Å²) in [5.74, 6) is 1.55. The monoisotopic (exact) mass is 290 g/mol.